The number of benzene rings is 1. The lowest BCUT2D eigenvalue weighted by Crippen LogP contribution is -2.29. The number of alkyl halides is 2. The fraction of sp³-hybridized carbons (Fsp3) is 0.542. The minimum atomic E-state index is -2.61. The lowest BCUT2D eigenvalue weighted by atomic mass is 10.0. The van der Waals surface area contributed by atoms with Gasteiger partial charge in [0.25, 0.3) is 6.43 Å². The van der Waals surface area contributed by atoms with E-state index in [0.717, 1.165) is 26.1 Å². The third-order valence-corrected chi connectivity index (χ3v) is 5.70. The maximum absolute atomic E-state index is 13.5. The lowest BCUT2D eigenvalue weighted by Gasteiger charge is -2.22. The molecule has 0 atom stereocenters. The third kappa shape index (κ3) is 7.30. The van der Waals surface area contributed by atoms with Crippen molar-refractivity contribution in [2.75, 3.05) is 43.5 Å². The van der Waals surface area contributed by atoms with Crippen LogP contribution in [0.4, 0.5) is 20.5 Å². The molecule has 4 rings (SSSR count). The van der Waals surface area contributed by atoms with E-state index in [1.807, 2.05) is 4.90 Å². The molecule has 5 N–H and O–H groups in total. The summed E-state index contributed by atoms with van der Waals surface area (Å²) in [6.07, 6.45) is 3.50. The molecular weight excluding hydrogens is 456 g/mol. The SMILES string of the molecule is C1CCOC1.CCCCN(CCO)c1nc(N)nc2cn(Cc3ccc(CN)cc3C(F)F)nc12. The Morgan fingerprint density at radius 3 is 2.57 bits per heavy atom. The summed E-state index contributed by atoms with van der Waals surface area (Å²) in [6.45, 7) is 5.45. The van der Waals surface area contributed by atoms with Gasteiger partial charge in [0, 0.05) is 38.4 Å². The summed E-state index contributed by atoms with van der Waals surface area (Å²) >= 11 is 0. The highest BCUT2D eigenvalue weighted by atomic mass is 19.3. The zero-order valence-electron chi connectivity index (χ0n) is 20.2. The Kier molecular flexibility index (Phi) is 10.1. The first kappa shape index (κ1) is 26.7. The van der Waals surface area contributed by atoms with Gasteiger partial charge in [-0.2, -0.15) is 10.1 Å². The number of rotatable bonds is 10. The smallest absolute Gasteiger partial charge is 0.264 e. The number of hydrogen-bond donors (Lipinski definition) is 3. The molecule has 0 unspecified atom stereocenters. The van der Waals surface area contributed by atoms with Crippen molar-refractivity contribution in [3.63, 3.8) is 0 Å². The van der Waals surface area contributed by atoms with Crippen LogP contribution in [0.2, 0.25) is 0 Å². The van der Waals surface area contributed by atoms with E-state index in [2.05, 4.69) is 22.0 Å². The van der Waals surface area contributed by atoms with Gasteiger partial charge >= 0.3 is 0 Å². The summed E-state index contributed by atoms with van der Waals surface area (Å²) in [7, 11) is 0. The van der Waals surface area contributed by atoms with E-state index in [0.29, 0.717) is 41.1 Å². The molecule has 3 heterocycles. The van der Waals surface area contributed by atoms with Gasteiger partial charge in [-0.05, 0) is 36.5 Å². The normalized spacial score (nSPS) is 13.3. The van der Waals surface area contributed by atoms with E-state index >= 15 is 0 Å². The minimum Gasteiger partial charge on any atom is -0.395 e. The summed E-state index contributed by atoms with van der Waals surface area (Å²) in [5.74, 6) is 0.628. The maximum Gasteiger partial charge on any atom is 0.264 e. The zero-order valence-corrected chi connectivity index (χ0v) is 20.2. The van der Waals surface area contributed by atoms with Crippen molar-refractivity contribution < 1.29 is 18.6 Å². The highest BCUT2D eigenvalue weighted by Gasteiger charge is 2.19. The molecule has 2 aromatic heterocycles. The quantitative estimate of drug-likeness (QED) is 0.394. The Labute approximate surface area is 204 Å². The van der Waals surface area contributed by atoms with Gasteiger partial charge in [0.1, 0.15) is 5.52 Å². The number of hydrogen-bond acceptors (Lipinski definition) is 8. The molecule has 0 radical (unpaired) electrons. The Hall–Kier alpha value is -2.89. The third-order valence-electron chi connectivity index (χ3n) is 5.70. The van der Waals surface area contributed by atoms with Crippen LogP contribution in [0.25, 0.3) is 11.0 Å². The number of halogens is 2. The monoisotopic (exact) mass is 491 g/mol. The van der Waals surface area contributed by atoms with Gasteiger partial charge in [-0.25, -0.2) is 13.8 Å². The summed E-state index contributed by atoms with van der Waals surface area (Å²) < 4.78 is 33.6. The molecule has 1 fully saturated rings. The number of ether oxygens (including phenoxy) is 1. The molecule has 3 aromatic rings. The number of aliphatic hydroxyl groups is 1. The van der Waals surface area contributed by atoms with Crippen LogP contribution in [0.15, 0.2) is 24.4 Å². The highest BCUT2D eigenvalue weighted by Crippen LogP contribution is 2.27. The van der Waals surface area contributed by atoms with Gasteiger partial charge in [0.05, 0.1) is 19.3 Å². The summed E-state index contributed by atoms with van der Waals surface area (Å²) in [4.78, 5) is 10.5. The highest BCUT2D eigenvalue weighted by molar-refractivity contribution is 5.86. The Bertz CT molecular complexity index is 1070. The standard InChI is InChI=1S/C20H27F2N7O.C4H8O/c1-2-3-6-28(7-8-30)19-17-16(25-20(24)26-19)12-29(27-17)11-14-5-4-13(10-23)9-15(14)18(21)22;1-2-4-5-3-1/h4-5,9,12,18,30H,2-3,6-8,10-11,23H2,1H3,(H2,24,25);1-4H2. The predicted octanol–water partition coefficient (Wildman–Crippen LogP) is 3.25. The van der Waals surface area contributed by atoms with Gasteiger partial charge in [0.15, 0.2) is 11.3 Å². The van der Waals surface area contributed by atoms with Crippen molar-refractivity contribution in [3.8, 4) is 0 Å². The van der Waals surface area contributed by atoms with Gasteiger partial charge in [0.2, 0.25) is 5.95 Å². The largest absolute Gasteiger partial charge is 0.395 e. The van der Waals surface area contributed by atoms with Crippen molar-refractivity contribution >= 4 is 22.8 Å². The van der Waals surface area contributed by atoms with Gasteiger partial charge in [-0.1, -0.05) is 25.5 Å². The van der Waals surface area contributed by atoms with Gasteiger partial charge in [-0.3, -0.25) is 4.68 Å². The minimum absolute atomic E-state index is 0.0406. The fourth-order valence-corrected chi connectivity index (χ4v) is 3.86. The molecule has 11 heteroatoms. The van der Waals surface area contributed by atoms with E-state index in [1.165, 1.54) is 18.9 Å². The molecule has 1 aromatic carbocycles. The number of aromatic nitrogens is 4. The molecule has 1 aliphatic rings. The number of fused-ring (bicyclic) bond motifs is 1. The molecule has 0 amide bonds. The molecular formula is C24H35F2N7O2. The first-order chi connectivity index (χ1) is 17.0. The summed E-state index contributed by atoms with van der Waals surface area (Å²) in [5, 5.41) is 14.0. The van der Waals surface area contributed by atoms with Crippen LogP contribution in [0.3, 0.4) is 0 Å². The number of unbranched alkanes of at least 4 members (excludes halogenated alkanes) is 1. The Balaban J connectivity index is 0.000000607. The molecule has 35 heavy (non-hydrogen) atoms. The second-order valence-corrected chi connectivity index (χ2v) is 8.39. The lowest BCUT2D eigenvalue weighted by molar-refractivity contribution is 0.150. The van der Waals surface area contributed by atoms with Crippen LogP contribution in [0.1, 0.15) is 55.7 Å². The molecule has 9 nitrogen and oxygen atoms in total. The number of nitrogen functional groups attached to an aromatic ring is 1. The molecule has 0 aliphatic carbocycles. The van der Waals surface area contributed by atoms with Crippen molar-refractivity contribution in [2.45, 2.75) is 52.1 Å². The topological polar surface area (TPSA) is 128 Å². The number of nitrogens with two attached hydrogens (primary N) is 2. The first-order valence-corrected chi connectivity index (χ1v) is 12.0. The van der Waals surface area contributed by atoms with Crippen molar-refractivity contribution in [1.29, 1.82) is 0 Å². The summed E-state index contributed by atoms with van der Waals surface area (Å²) in [5.41, 5.74) is 13.5. The fourth-order valence-electron chi connectivity index (χ4n) is 3.86. The number of nitrogens with zero attached hydrogens (tertiary/aromatic N) is 5. The predicted molar refractivity (Wildman–Crippen MR) is 132 cm³/mol. The molecule has 1 aliphatic heterocycles. The van der Waals surface area contributed by atoms with E-state index in [-0.39, 0.29) is 31.2 Å². The van der Waals surface area contributed by atoms with Crippen molar-refractivity contribution in [2.24, 2.45) is 5.73 Å². The van der Waals surface area contributed by atoms with E-state index in [4.69, 9.17) is 16.2 Å². The molecule has 1 saturated heterocycles. The first-order valence-electron chi connectivity index (χ1n) is 12.0. The van der Waals surface area contributed by atoms with Crippen LogP contribution in [0.5, 0.6) is 0 Å². The molecule has 192 valence electrons. The second-order valence-electron chi connectivity index (χ2n) is 8.39. The van der Waals surface area contributed by atoms with E-state index in [9.17, 15) is 13.9 Å². The van der Waals surface area contributed by atoms with Crippen molar-refractivity contribution in [3.05, 3.63) is 41.1 Å². The maximum atomic E-state index is 13.5. The number of aliphatic hydroxyl groups excluding tert-OH is 1. The summed E-state index contributed by atoms with van der Waals surface area (Å²) in [6, 6.07) is 4.82. The Morgan fingerprint density at radius 2 is 1.97 bits per heavy atom. The van der Waals surface area contributed by atoms with Crippen LogP contribution >= 0.6 is 0 Å². The van der Waals surface area contributed by atoms with Crippen LogP contribution < -0.4 is 16.4 Å². The zero-order chi connectivity index (χ0) is 25.2. The molecule has 0 bridgehead atoms. The van der Waals surface area contributed by atoms with E-state index < -0.39 is 6.43 Å². The van der Waals surface area contributed by atoms with Crippen LogP contribution in [-0.2, 0) is 17.8 Å². The van der Waals surface area contributed by atoms with E-state index in [1.54, 1.807) is 23.0 Å². The van der Waals surface area contributed by atoms with Gasteiger partial charge in [-0.15, -0.1) is 0 Å². The average Bonchev–Trinajstić information content (AvgIpc) is 3.55. The van der Waals surface area contributed by atoms with Crippen LogP contribution in [-0.4, -0.2) is 57.8 Å². The Morgan fingerprint density at radius 1 is 1.20 bits per heavy atom. The molecule has 0 spiro atoms. The molecule has 0 saturated carbocycles. The van der Waals surface area contributed by atoms with Gasteiger partial charge < -0.3 is 26.2 Å². The number of anilines is 2. The van der Waals surface area contributed by atoms with Crippen LogP contribution in [0, 0.1) is 0 Å². The second kappa shape index (κ2) is 13.3. The van der Waals surface area contributed by atoms with Crippen molar-refractivity contribution in [1.82, 2.24) is 19.7 Å². The average molecular weight is 492 g/mol.